The fraction of sp³-hybridized carbons (Fsp3) is 0.286. The van der Waals surface area contributed by atoms with E-state index in [9.17, 15) is 0 Å². The lowest BCUT2D eigenvalue weighted by Crippen LogP contribution is -2.46. The zero-order valence-corrected chi connectivity index (χ0v) is 16.3. The van der Waals surface area contributed by atoms with E-state index < -0.39 is 0 Å². The van der Waals surface area contributed by atoms with Crippen molar-refractivity contribution in [1.29, 1.82) is 0 Å². The van der Waals surface area contributed by atoms with Crippen molar-refractivity contribution < 1.29 is 0 Å². The maximum Gasteiger partial charge on any atom is 0.203 e. The van der Waals surface area contributed by atoms with E-state index in [1.165, 1.54) is 40.9 Å². The number of piperidine rings is 1. The Bertz CT molecular complexity index is 1060. The molecule has 0 bridgehead atoms. The second-order valence-corrected chi connectivity index (χ2v) is 8.29. The van der Waals surface area contributed by atoms with Crippen LogP contribution in [0.25, 0.3) is 16.1 Å². The number of hydrogen-bond donors (Lipinski definition) is 2. The summed E-state index contributed by atoms with van der Waals surface area (Å²) in [5, 5.41) is 9.44. The predicted octanol–water partition coefficient (Wildman–Crippen LogP) is 3.45. The Morgan fingerprint density at radius 3 is 2.86 bits per heavy atom. The third kappa shape index (κ3) is 3.06. The predicted molar refractivity (Wildman–Crippen MR) is 114 cm³/mol. The molecule has 1 aliphatic carbocycles. The van der Waals surface area contributed by atoms with Gasteiger partial charge in [0.05, 0.1) is 11.9 Å². The van der Waals surface area contributed by atoms with Crippen LogP contribution in [0.4, 0.5) is 10.9 Å². The number of hydrogen-bond acceptors (Lipinski definition) is 7. The van der Waals surface area contributed by atoms with Gasteiger partial charge in [-0.1, -0.05) is 35.6 Å². The number of pyridine rings is 1. The van der Waals surface area contributed by atoms with Crippen LogP contribution in [0.2, 0.25) is 0 Å². The summed E-state index contributed by atoms with van der Waals surface area (Å²) in [5.41, 5.74) is 17.8. The highest BCUT2D eigenvalue weighted by Crippen LogP contribution is 2.36. The van der Waals surface area contributed by atoms with Gasteiger partial charge in [-0.25, -0.2) is 4.98 Å². The molecule has 142 valence electrons. The Hall–Kier alpha value is -2.77. The molecule has 5 rings (SSSR count). The molecule has 0 amide bonds. The van der Waals surface area contributed by atoms with Gasteiger partial charge in [0.1, 0.15) is 10.8 Å². The minimum Gasteiger partial charge on any atom is -0.374 e. The minimum atomic E-state index is 0.0517. The normalized spacial score (nSPS) is 18.8. The average molecular weight is 391 g/mol. The van der Waals surface area contributed by atoms with Crippen molar-refractivity contribution in [2.75, 3.05) is 17.2 Å². The Labute approximate surface area is 167 Å². The molecule has 2 aromatic heterocycles. The molecule has 1 saturated heterocycles. The number of rotatable bonds is 3. The molecule has 2 aliphatic rings. The van der Waals surface area contributed by atoms with Gasteiger partial charge in [0, 0.05) is 17.7 Å². The number of allylic oxidation sites excluding steroid dienone is 1. The van der Waals surface area contributed by atoms with Crippen molar-refractivity contribution in [2.24, 2.45) is 5.73 Å². The standard InChI is InChI=1S/C21H22N6S/c22-18-5-1-2-11-27(18)19-6-3-4-17(24-19)15-10-9-13-7-8-14(12-16(13)15)20-25-26-21(23)28-20/h3-4,6-8,10,12,18H,1-2,5,9,11,22H2,(H2,23,26)/t18-/m1/s1. The van der Waals surface area contributed by atoms with E-state index in [1.54, 1.807) is 0 Å². The van der Waals surface area contributed by atoms with Crippen molar-refractivity contribution >= 4 is 27.9 Å². The SMILES string of the molecule is Nc1nnc(-c2ccc3c(c2)C(c2cccc(N4CCCC[C@@H]4N)n2)=CC3)s1. The van der Waals surface area contributed by atoms with E-state index in [-0.39, 0.29) is 6.17 Å². The quantitative estimate of drug-likeness (QED) is 0.711. The highest BCUT2D eigenvalue weighted by molar-refractivity contribution is 7.18. The number of fused-ring (bicyclic) bond motifs is 1. The van der Waals surface area contributed by atoms with Gasteiger partial charge in [-0.3, -0.25) is 0 Å². The summed E-state index contributed by atoms with van der Waals surface area (Å²) < 4.78 is 0. The van der Waals surface area contributed by atoms with Gasteiger partial charge in [-0.2, -0.15) is 0 Å². The first-order valence-corrected chi connectivity index (χ1v) is 10.4. The first-order chi connectivity index (χ1) is 13.7. The van der Waals surface area contributed by atoms with Gasteiger partial charge in [0.25, 0.3) is 0 Å². The highest BCUT2D eigenvalue weighted by Gasteiger charge is 2.22. The van der Waals surface area contributed by atoms with Crippen LogP contribution in [-0.4, -0.2) is 27.9 Å². The minimum absolute atomic E-state index is 0.0517. The summed E-state index contributed by atoms with van der Waals surface area (Å²) in [6.07, 6.45) is 6.60. The van der Waals surface area contributed by atoms with E-state index in [1.807, 2.05) is 0 Å². The summed E-state index contributed by atoms with van der Waals surface area (Å²) in [6.45, 7) is 0.968. The number of nitrogen functional groups attached to an aromatic ring is 1. The zero-order chi connectivity index (χ0) is 19.1. The summed E-state index contributed by atoms with van der Waals surface area (Å²) in [6, 6.07) is 12.6. The average Bonchev–Trinajstić information content (AvgIpc) is 3.34. The Kier molecular flexibility index (Phi) is 4.33. The van der Waals surface area contributed by atoms with Crippen molar-refractivity contribution in [3.8, 4) is 10.6 Å². The summed E-state index contributed by atoms with van der Waals surface area (Å²) >= 11 is 1.40. The Morgan fingerprint density at radius 2 is 2.04 bits per heavy atom. The molecular weight excluding hydrogens is 368 g/mol. The number of aromatic nitrogens is 3. The van der Waals surface area contributed by atoms with Crippen molar-refractivity contribution in [3.05, 3.63) is 59.3 Å². The summed E-state index contributed by atoms with van der Waals surface area (Å²) in [5.74, 6) is 0.965. The van der Waals surface area contributed by atoms with Crippen molar-refractivity contribution in [2.45, 2.75) is 31.8 Å². The third-order valence-electron chi connectivity index (χ3n) is 5.47. The molecule has 1 atom stereocenters. The van der Waals surface area contributed by atoms with Crippen LogP contribution in [0, 0.1) is 0 Å². The van der Waals surface area contributed by atoms with Crippen LogP contribution in [-0.2, 0) is 6.42 Å². The van der Waals surface area contributed by atoms with Crippen LogP contribution in [0.1, 0.15) is 36.1 Å². The monoisotopic (exact) mass is 390 g/mol. The molecule has 0 saturated carbocycles. The van der Waals surface area contributed by atoms with Crippen LogP contribution >= 0.6 is 11.3 Å². The molecule has 1 fully saturated rings. The second kappa shape index (κ2) is 7.00. The fourth-order valence-electron chi connectivity index (χ4n) is 4.03. The summed E-state index contributed by atoms with van der Waals surface area (Å²) in [4.78, 5) is 7.19. The third-order valence-corrected chi connectivity index (χ3v) is 6.27. The van der Waals surface area contributed by atoms with Crippen LogP contribution in [0.3, 0.4) is 0 Å². The first kappa shape index (κ1) is 17.3. The lowest BCUT2D eigenvalue weighted by atomic mass is 10.00. The molecule has 6 nitrogen and oxygen atoms in total. The van der Waals surface area contributed by atoms with Gasteiger partial charge in [0.2, 0.25) is 5.13 Å². The molecule has 28 heavy (non-hydrogen) atoms. The number of anilines is 2. The van der Waals surface area contributed by atoms with Gasteiger partial charge in [0.15, 0.2) is 0 Å². The Morgan fingerprint density at radius 1 is 1.11 bits per heavy atom. The van der Waals surface area contributed by atoms with Crippen LogP contribution < -0.4 is 16.4 Å². The van der Waals surface area contributed by atoms with Gasteiger partial charge >= 0.3 is 0 Å². The molecule has 3 aromatic rings. The molecule has 3 heterocycles. The molecule has 1 aromatic carbocycles. The van der Waals surface area contributed by atoms with E-state index >= 15 is 0 Å². The van der Waals surface area contributed by atoms with Crippen molar-refractivity contribution in [1.82, 2.24) is 15.2 Å². The number of nitrogens with zero attached hydrogens (tertiary/aromatic N) is 4. The van der Waals surface area contributed by atoms with Gasteiger partial charge < -0.3 is 16.4 Å². The molecule has 4 N–H and O–H groups in total. The lowest BCUT2D eigenvalue weighted by molar-refractivity contribution is 0.466. The molecular formula is C21H22N6S. The van der Waals surface area contributed by atoms with E-state index in [0.29, 0.717) is 5.13 Å². The van der Waals surface area contributed by atoms with Crippen LogP contribution in [0.5, 0.6) is 0 Å². The topological polar surface area (TPSA) is 94.0 Å². The molecule has 0 spiro atoms. The number of benzene rings is 1. The fourth-order valence-corrected chi connectivity index (χ4v) is 4.64. The summed E-state index contributed by atoms with van der Waals surface area (Å²) in [7, 11) is 0. The Balaban J connectivity index is 1.50. The largest absolute Gasteiger partial charge is 0.374 e. The molecule has 0 unspecified atom stereocenters. The second-order valence-electron chi connectivity index (χ2n) is 7.28. The smallest absolute Gasteiger partial charge is 0.203 e. The van der Waals surface area contributed by atoms with E-state index in [4.69, 9.17) is 16.5 Å². The van der Waals surface area contributed by atoms with E-state index in [0.717, 1.165) is 41.5 Å². The molecule has 0 radical (unpaired) electrons. The highest BCUT2D eigenvalue weighted by atomic mass is 32.1. The van der Waals surface area contributed by atoms with Crippen LogP contribution in [0.15, 0.2) is 42.5 Å². The maximum absolute atomic E-state index is 6.33. The first-order valence-electron chi connectivity index (χ1n) is 9.61. The molecule has 7 heteroatoms. The van der Waals surface area contributed by atoms with Gasteiger partial charge in [-0.05, 0) is 55.0 Å². The number of nitrogens with two attached hydrogens (primary N) is 2. The van der Waals surface area contributed by atoms with Crippen molar-refractivity contribution in [3.63, 3.8) is 0 Å². The zero-order valence-electron chi connectivity index (χ0n) is 15.5. The maximum atomic E-state index is 6.33. The lowest BCUT2D eigenvalue weighted by Gasteiger charge is -2.34. The van der Waals surface area contributed by atoms with E-state index in [2.05, 4.69) is 57.6 Å². The molecule has 1 aliphatic heterocycles. The van der Waals surface area contributed by atoms with Gasteiger partial charge in [-0.15, -0.1) is 10.2 Å².